The first-order chi connectivity index (χ1) is 8.86. The highest BCUT2D eigenvalue weighted by molar-refractivity contribution is 7.09. The van der Waals surface area contributed by atoms with Gasteiger partial charge in [0, 0.05) is 63.3 Å². The molecule has 0 bridgehead atoms. The first-order valence-corrected chi connectivity index (χ1v) is 7.66. The molecule has 2 fully saturated rings. The fourth-order valence-corrected chi connectivity index (χ4v) is 3.32. The molecule has 3 heterocycles. The minimum Gasteiger partial charge on any atom is -0.344 e. The van der Waals surface area contributed by atoms with Gasteiger partial charge in [-0.15, -0.1) is 0 Å². The van der Waals surface area contributed by atoms with E-state index in [0.29, 0.717) is 0 Å². The molecule has 100 valence electrons. The van der Waals surface area contributed by atoms with Crippen LogP contribution in [0.1, 0.15) is 19.2 Å². The minimum absolute atomic E-state index is 0.727. The van der Waals surface area contributed by atoms with Crippen molar-refractivity contribution < 1.29 is 0 Å². The summed E-state index contributed by atoms with van der Waals surface area (Å²) in [5.74, 6) is 1.02. The molecule has 0 spiro atoms. The van der Waals surface area contributed by atoms with Crippen LogP contribution in [0.25, 0.3) is 0 Å². The molecule has 18 heavy (non-hydrogen) atoms. The van der Waals surface area contributed by atoms with Gasteiger partial charge >= 0.3 is 0 Å². The maximum Gasteiger partial charge on any atom is 0.205 e. The Labute approximate surface area is 112 Å². The molecule has 0 amide bonds. The van der Waals surface area contributed by atoms with Crippen LogP contribution >= 0.6 is 11.5 Å². The Hall–Kier alpha value is -0.720. The third-order valence-electron chi connectivity index (χ3n) is 3.73. The topological polar surface area (TPSA) is 44.3 Å². The van der Waals surface area contributed by atoms with Crippen LogP contribution in [-0.2, 0) is 6.42 Å². The molecule has 0 unspecified atom stereocenters. The smallest absolute Gasteiger partial charge is 0.205 e. The van der Waals surface area contributed by atoms with Gasteiger partial charge in [0.05, 0.1) is 0 Å². The van der Waals surface area contributed by atoms with E-state index < -0.39 is 0 Å². The van der Waals surface area contributed by atoms with Gasteiger partial charge < -0.3 is 10.2 Å². The van der Waals surface area contributed by atoms with Crippen LogP contribution in [0.2, 0.25) is 0 Å². The van der Waals surface area contributed by atoms with E-state index in [9.17, 15) is 0 Å². The second kappa shape index (κ2) is 5.50. The summed E-state index contributed by atoms with van der Waals surface area (Å²) in [6.45, 7) is 9.07. The molecule has 2 aliphatic rings. The van der Waals surface area contributed by atoms with E-state index in [1.54, 1.807) is 11.5 Å². The van der Waals surface area contributed by atoms with Gasteiger partial charge in [0.1, 0.15) is 5.82 Å². The molecule has 0 atom stereocenters. The lowest BCUT2D eigenvalue weighted by atomic mass is 10.1. The molecule has 6 heteroatoms. The van der Waals surface area contributed by atoms with Gasteiger partial charge in [0.25, 0.3) is 0 Å². The highest BCUT2D eigenvalue weighted by Gasteiger charge is 2.33. The average Bonchev–Trinajstić information content (AvgIpc) is 2.78. The number of piperazine rings is 1. The van der Waals surface area contributed by atoms with Gasteiger partial charge in [-0.1, -0.05) is 6.92 Å². The van der Waals surface area contributed by atoms with Crippen LogP contribution in [0.5, 0.6) is 0 Å². The fraction of sp³-hybridized carbons (Fsp3) is 0.833. The number of aromatic nitrogens is 2. The van der Waals surface area contributed by atoms with E-state index in [0.717, 1.165) is 56.0 Å². The Balaban J connectivity index is 1.51. The van der Waals surface area contributed by atoms with Crippen LogP contribution in [0, 0.1) is 0 Å². The molecule has 1 N–H and O–H groups in total. The molecule has 0 aromatic carbocycles. The van der Waals surface area contributed by atoms with E-state index in [-0.39, 0.29) is 0 Å². The first-order valence-electron chi connectivity index (χ1n) is 6.89. The van der Waals surface area contributed by atoms with Gasteiger partial charge in [-0.05, 0) is 6.42 Å². The van der Waals surface area contributed by atoms with Crippen molar-refractivity contribution in [3.05, 3.63) is 5.82 Å². The van der Waals surface area contributed by atoms with Crippen molar-refractivity contribution in [2.75, 3.05) is 44.2 Å². The summed E-state index contributed by atoms with van der Waals surface area (Å²) in [5.41, 5.74) is 0. The summed E-state index contributed by atoms with van der Waals surface area (Å²) in [7, 11) is 0. The predicted molar refractivity (Wildman–Crippen MR) is 74.3 cm³/mol. The Bertz CT molecular complexity index is 382. The number of nitrogens with one attached hydrogen (secondary N) is 1. The summed E-state index contributed by atoms with van der Waals surface area (Å²) >= 11 is 1.56. The second-order valence-electron chi connectivity index (χ2n) is 5.09. The molecule has 2 aliphatic heterocycles. The number of anilines is 1. The van der Waals surface area contributed by atoms with Gasteiger partial charge in [-0.2, -0.15) is 4.37 Å². The molecule has 2 saturated heterocycles. The van der Waals surface area contributed by atoms with Crippen LogP contribution in [-0.4, -0.2) is 59.6 Å². The van der Waals surface area contributed by atoms with Crippen molar-refractivity contribution >= 4 is 16.7 Å². The SMILES string of the molecule is CCCc1nsc(N2CC(N3CCNCC3)C2)n1. The quantitative estimate of drug-likeness (QED) is 0.865. The van der Waals surface area contributed by atoms with Crippen LogP contribution in [0.4, 0.5) is 5.13 Å². The molecule has 1 aromatic heterocycles. The lowest BCUT2D eigenvalue weighted by Crippen LogP contribution is -2.62. The van der Waals surface area contributed by atoms with Gasteiger partial charge in [0.15, 0.2) is 0 Å². The Kier molecular flexibility index (Phi) is 3.77. The molecule has 0 radical (unpaired) electrons. The van der Waals surface area contributed by atoms with E-state index in [1.807, 2.05) is 0 Å². The highest BCUT2D eigenvalue weighted by Crippen LogP contribution is 2.25. The van der Waals surface area contributed by atoms with E-state index in [4.69, 9.17) is 0 Å². The van der Waals surface area contributed by atoms with Crippen molar-refractivity contribution in [1.82, 2.24) is 19.6 Å². The molecular formula is C12H21N5S. The number of nitrogens with zero attached hydrogens (tertiary/aromatic N) is 4. The van der Waals surface area contributed by atoms with Gasteiger partial charge in [0.2, 0.25) is 5.13 Å². The number of hydrogen-bond donors (Lipinski definition) is 1. The summed E-state index contributed by atoms with van der Waals surface area (Å²) in [5, 5.41) is 4.52. The largest absolute Gasteiger partial charge is 0.344 e. The lowest BCUT2D eigenvalue weighted by molar-refractivity contribution is 0.147. The maximum absolute atomic E-state index is 4.60. The summed E-state index contributed by atoms with van der Waals surface area (Å²) in [6.07, 6.45) is 2.13. The highest BCUT2D eigenvalue weighted by atomic mass is 32.1. The molecule has 1 aromatic rings. The normalized spacial score (nSPS) is 22.2. The number of hydrogen-bond acceptors (Lipinski definition) is 6. The zero-order chi connectivity index (χ0) is 12.4. The van der Waals surface area contributed by atoms with Crippen molar-refractivity contribution in [3.8, 4) is 0 Å². The predicted octanol–water partition coefficient (Wildman–Crippen LogP) is 0.584. The number of aryl methyl sites for hydroxylation is 1. The Morgan fingerprint density at radius 1 is 1.33 bits per heavy atom. The summed E-state index contributed by atoms with van der Waals surface area (Å²) in [6, 6.07) is 0.727. The van der Waals surface area contributed by atoms with Crippen molar-refractivity contribution in [2.24, 2.45) is 0 Å². The van der Waals surface area contributed by atoms with E-state index in [2.05, 4.69) is 31.4 Å². The number of rotatable bonds is 4. The molecule has 0 saturated carbocycles. The van der Waals surface area contributed by atoms with E-state index >= 15 is 0 Å². The monoisotopic (exact) mass is 267 g/mol. The molecular weight excluding hydrogens is 246 g/mol. The van der Waals surface area contributed by atoms with Gasteiger partial charge in [-0.3, -0.25) is 4.90 Å². The fourth-order valence-electron chi connectivity index (χ4n) is 2.59. The molecule has 5 nitrogen and oxygen atoms in total. The van der Waals surface area contributed by atoms with Crippen molar-refractivity contribution in [2.45, 2.75) is 25.8 Å². The second-order valence-corrected chi connectivity index (χ2v) is 5.82. The van der Waals surface area contributed by atoms with Crippen LogP contribution in [0.15, 0.2) is 0 Å². The van der Waals surface area contributed by atoms with Gasteiger partial charge in [-0.25, -0.2) is 4.98 Å². The third-order valence-corrected chi connectivity index (χ3v) is 4.55. The molecule has 3 rings (SSSR count). The van der Waals surface area contributed by atoms with E-state index in [1.165, 1.54) is 13.1 Å². The van der Waals surface area contributed by atoms with Crippen LogP contribution < -0.4 is 10.2 Å². The lowest BCUT2D eigenvalue weighted by Gasteiger charge is -2.46. The van der Waals surface area contributed by atoms with Crippen LogP contribution in [0.3, 0.4) is 0 Å². The summed E-state index contributed by atoms with van der Waals surface area (Å²) in [4.78, 5) is 9.57. The average molecular weight is 267 g/mol. The first kappa shape index (κ1) is 12.3. The minimum atomic E-state index is 0.727. The standard InChI is InChI=1S/C12H21N5S/c1-2-3-11-14-12(18-15-11)17-8-10(9-17)16-6-4-13-5-7-16/h10,13H,2-9H2,1H3. The van der Waals surface area contributed by atoms with Crippen molar-refractivity contribution in [1.29, 1.82) is 0 Å². The molecule has 0 aliphatic carbocycles. The van der Waals surface area contributed by atoms with Crippen molar-refractivity contribution in [3.63, 3.8) is 0 Å². The zero-order valence-electron chi connectivity index (χ0n) is 10.9. The third kappa shape index (κ3) is 2.50. The zero-order valence-corrected chi connectivity index (χ0v) is 11.7. The Morgan fingerprint density at radius 2 is 2.11 bits per heavy atom. The summed E-state index contributed by atoms with van der Waals surface area (Å²) < 4.78 is 4.41. The maximum atomic E-state index is 4.60. The Morgan fingerprint density at radius 3 is 2.83 bits per heavy atom.